The first kappa shape index (κ1) is 18.5. The van der Waals surface area contributed by atoms with E-state index in [4.69, 9.17) is 9.47 Å². The lowest BCUT2D eigenvalue weighted by Crippen LogP contribution is -2.22. The molecule has 138 valence electrons. The number of amides is 1. The Morgan fingerprint density at radius 1 is 1.15 bits per heavy atom. The predicted octanol–water partition coefficient (Wildman–Crippen LogP) is 4.29. The summed E-state index contributed by atoms with van der Waals surface area (Å²) in [6.07, 6.45) is 0.827. The van der Waals surface area contributed by atoms with Crippen LogP contribution in [0.4, 0.5) is 0 Å². The van der Waals surface area contributed by atoms with Gasteiger partial charge in [-0.15, -0.1) is 0 Å². The van der Waals surface area contributed by atoms with Crippen molar-refractivity contribution < 1.29 is 14.3 Å². The first-order valence-electron chi connectivity index (χ1n) is 9.14. The number of carbonyl (C=O) groups excluding carboxylic acids is 1. The summed E-state index contributed by atoms with van der Waals surface area (Å²) in [4.78, 5) is 11.1. The van der Waals surface area contributed by atoms with E-state index in [2.05, 4.69) is 38.2 Å². The van der Waals surface area contributed by atoms with Crippen LogP contribution in [0.1, 0.15) is 52.8 Å². The molecule has 0 radical (unpaired) electrons. The van der Waals surface area contributed by atoms with E-state index in [-0.39, 0.29) is 12.0 Å². The van der Waals surface area contributed by atoms with Crippen LogP contribution in [0.3, 0.4) is 0 Å². The summed E-state index contributed by atoms with van der Waals surface area (Å²) in [6, 6.07) is 10.2. The minimum absolute atomic E-state index is 0.00281. The fourth-order valence-electron chi connectivity index (χ4n) is 3.66. The summed E-state index contributed by atoms with van der Waals surface area (Å²) >= 11 is 0. The number of benzene rings is 2. The molecule has 3 rings (SSSR count). The van der Waals surface area contributed by atoms with Crippen molar-refractivity contribution in [2.45, 2.75) is 53.4 Å². The normalized spacial score (nSPS) is 15.6. The van der Waals surface area contributed by atoms with Crippen LogP contribution in [0.2, 0.25) is 0 Å². The molecule has 4 nitrogen and oxygen atoms in total. The van der Waals surface area contributed by atoms with Crippen molar-refractivity contribution in [2.75, 3.05) is 6.54 Å². The fraction of sp³-hybridized carbons (Fsp3) is 0.409. The summed E-state index contributed by atoms with van der Waals surface area (Å²) in [5.41, 5.74) is 7.25. The molecular weight excluding hydrogens is 326 g/mol. The Morgan fingerprint density at radius 3 is 2.58 bits per heavy atom. The highest BCUT2D eigenvalue weighted by atomic mass is 16.5. The molecule has 0 aliphatic carbocycles. The second kappa shape index (κ2) is 7.92. The minimum atomic E-state index is -0.00281. The number of nitrogens with one attached hydrogen (secondary N) is 1. The zero-order chi connectivity index (χ0) is 18.7. The molecule has 1 aliphatic rings. The molecule has 0 fully saturated rings. The Labute approximate surface area is 155 Å². The topological polar surface area (TPSA) is 47.6 Å². The van der Waals surface area contributed by atoms with Gasteiger partial charge in [0, 0.05) is 13.5 Å². The van der Waals surface area contributed by atoms with Crippen LogP contribution in [-0.2, 0) is 22.7 Å². The maximum absolute atomic E-state index is 11.1. The van der Waals surface area contributed by atoms with Gasteiger partial charge in [0.05, 0.1) is 12.7 Å². The van der Waals surface area contributed by atoms with E-state index < -0.39 is 0 Å². The molecule has 1 amide bonds. The van der Waals surface area contributed by atoms with Gasteiger partial charge < -0.3 is 14.8 Å². The SMILES string of the molecule is CC(=O)NCCC1OCc2c(C)c(OCc3ccccc3)c(C)c(C)c21. The van der Waals surface area contributed by atoms with Crippen LogP contribution in [0.25, 0.3) is 0 Å². The molecule has 0 saturated heterocycles. The summed E-state index contributed by atoms with van der Waals surface area (Å²) in [6.45, 7) is 9.71. The van der Waals surface area contributed by atoms with E-state index in [1.165, 1.54) is 27.8 Å². The van der Waals surface area contributed by atoms with Crippen molar-refractivity contribution in [3.05, 3.63) is 63.7 Å². The smallest absolute Gasteiger partial charge is 0.216 e. The van der Waals surface area contributed by atoms with Crippen molar-refractivity contribution in [1.82, 2.24) is 5.32 Å². The van der Waals surface area contributed by atoms with Gasteiger partial charge in [-0.3, -0.25) is 4.79 Å². The Balaban J connectivity index is 1.82. The number of rotatable bonds is 6. The molecule has 1 atom stereocenters. The van der Waals surface area contributed by atoms with Crippen molar-refractivity contribution in [3.8, 4) is 5.75 Å². The quantitative estimate of drug-likeness (QED) is 0.843. The van der Waals surface area contributed by atoms with Crippen molar-refractivity contribution in [2.24, 2.45) is 0 Å². The average molecular weight is 353 g/mol. The van der Waals surface area contributed by atoms with E-state index in [1.54, 1.807) is 6.92 Å². The molecule has 1 N–H and O–H groups in total. The highest BCUT2D eigenvalue weighted by Crippen LogP contribution is 2.43. The molecule has 0 saturated carbocycles. The largest absolute Gasteiger partial charge is 0.488 e. The number of hydrogen-bond acceptors (Lipinski definition) is 3. The van der Waals surface area contributed by atoms with Gasteiger partial charge in [0.2, 0.25) is 5.91 Å². The van der Waals surface area contributed by atoms with E-state index in [0.717, 1.165) is 17.7 Å². The second-order valence-corrected chi connectivity index (χ2v) is 6.94. The van der Waals surface area contributed by atoms with Crippen molar-refractivity contribution >= 4 is 5.91 Å². The standard InChI is InChI=1S/C22H27NO3/c1-14-15(2)22(26-12-18-8-6-5-7-9-18)16(3)19-13-25-20(21(14)19)10-11-23-17(4)24/h5-9,20H,10-13H2,1-4H3,(H,23,24). The first-order valence-corrected chi connectivity index (χ1v) is 9.14. The molecule has 1 aliphatic heterocycles. The molecule has 0 spiro atoms. The number of carbonyl (C=O) groups is 1. The van der Waals surface area contributed by atoms with Crippen LogP contribution < -0.4 is 10.1 Å². The molecule has 0 aromatic heterocycles. The maximum atomic E-state index is 11.1. The zero-order valence-electron chi connectivity index (χ0n) is 16.0. The van der Waals surface area contributed by atoms with Crippen LogP contribution in [0.5, 0.6) is 5.75 Å². The highest BCUT2D eigenvalue weighted by molar-refractivity contribution is 5.72. The van der Waals surface area contributed by atoms with Crippen LogP contribution in [0, 0.1) is 20.8 Å². The molecule has 1 heterocycles. The highest BCUT2D eigenvalue weighted by Gasteiger charge is 2.29. The van der Waals surface area contributed by atoms with Crippen molar-refractivity contribution in [1.29, 1.82) is 0 Å². The molecule has 0 bridgehead atoms. The number of hydrogen-bond donors (Lipinski definition) is 1. The maximum Gasteiger partial charge on any atom is 0.216 e. The summed E-state index contributed by atoms with van der Waals surface area (Å²) < 4.78 is 12.2. The monoisotopic (exact) mass is 353 g/mol. The van der Waals surface area contributed by atoms with E-state index in [1.807, 2.05) is 18.2 Å². The van der Waals surface area contributed by atoms with Crippen LogP contribution >= 0.6 is 0 Å². The Bertz CT molecular complexity index is 799. The third-order valence-corrected chi connectivity index (χ3v) is 5.18. The van der Waals surface area contributed by atoms with Crippen molar-refractivity contribution in [3.63, 3.8) is 0 Å². The fourth-order valence-corrected chi connectivity index (χ4v) is 3.66. The van der Waals surface area contributed by atoms with E-state index in [0.29, 0.717) is 19.8 Å². The van der Waals surface area contributed by atoms with Gasteiger partial charge in [0.15, 0.2) is 0 Å². The van der Waals surface area contributed by atoms with Gasteiger partial charge in [0.25, 0.3) is 0 Å². The van der Waals surface area contributed by atoms with Gasteiger partial charge in [-0.25, -0.2) is 0 Å². The predicted molar refractivity (Wildman–Crippen MR) is 102 cm³/mol. The molecular formula is C22H27NO3. The molecule has 1 unspecified atom stereocenters. The summed E-state index contributed by atoms with van der Waals surface area (Å²) in [5, 5.41) is 2.86. The molecule has 4 heteroatoms. The lowest BCUT2D eigenvalue weighted by Gasteiger charge is -2.20. The third-order valence-electron chi connectivity index (χ3n) is 5.18. The first-order chi connectivity index (χ1) is 12.5. The van der Waals surface area contributed by atoms with Gasteiger partial charge in [0.1, 0.15) is 12.4 Å². The Kier molecular flexibility index (Phi) is 5.62. The number of fused-ring (bicyclic) bond motifs is 1. The van der Waals surface area contributed by atoms with E-state index in [9.17, 15) is 4.79 Å². The Hall–Kier alpha value is -2.33. The van der Waals surface area contributed by atoms with Gasteiger partial charge >= 0.3 is 0 Å². The van der Waals surface area contributed by atoms with Crippen LogP contribution in [-0.4, -0.2) is 12.5 Å². The van der Waals surface area contributed by atoms with Crippen LogP contribution in [0.15, 0.2) is 30.3 Å². The lowest BCUT2D eigenvalue weighted by molar-refractivity contribution is -0.119. The third kappa shape index (κ3) is 3.75. The average Bonchev–Trinajstić information content (AvgIpc) is 3.05. The second-order valence-electron chi connectivity index (χ2n) is 6.94. The molecule has 2 aromatic rings. The van der Waals surface area contributed by atoms with Gasteiger partial charge in [-0.2, -0.15) is 0 Å². The summed E-state index contributed by atoms with van der Waals surface area (Å²) in [5.74, 6) is 0.966. The lowest BCUT2D eigenvalue weighted by atomic mass is 9.90. The zero-order valence-corrected chi connectivity index (χ0v) is 16.0. The Morgan fingerprint density at radius 2 is 1.88 bits per heavy atom. The molecule has 26 heavy (non-hydrogen) atoms. The van der Waals surface area contributed by atoms with Gasteiger partial charge in [-0.05, 0) is 60.6 Å². The molecule has 2 aromatic carbocycles. The van der Waals surface area contributed by atoms with Gasteiger partial charge in [-0.1, -0.05) is 30.3 Å². The minimum Gasteiger partial charge on any atom is -0.488 e. The summed E-state index contributed by atoms with van der Waals surface area (Å²) in [7, 11) is 0. The van der Waals surface area contributed by atoms with E-state index >= 15 is 0 Å². The number of ether oxygens (including phenoxy) is 2.